The Kier molecular flexibility index (Phi) is 3.06. The van der Waals surface area contributed by atoms with Crippen LogP contribution in [0.25, 0.3) is 10.9 Å². The molecule has 17 heavy (non-hydrogen) atoms. The highest BCUT2D eigenvalue weighted by atomic mass is 35.5. The normalized spacial score (nSPS) is 13.1. The van der Waals surface area contributed by atoms with Crippen LogP contribution in [-0.4, -0.2) is 11.7 Å². The number of fused-ring (bicyclic) bond motifs is 1. The lowest BCUT2D eigenvalue weighted by Crippen LogP contribution is -2.11. The Morgan fingerprint density at radius 1 is 1.41 bits per heavy atom. The number of aryl methyl sites for hydroxylation is 2. The van der Waals surface area contributed by atoms with Crippen molar-refractivity contribution in [2.45, 2.75) is 19.9 Å². The molecule has 0 aliphatic carbocycles. The average molecular weight is 253 g/mol. The van der Waals surface area contributed by atoms with Crippen molar-refractivity contribution in [1.82, 2.24) is 4.57 Å². The van der Waals surface area contributed by atoms with Crippen molar-refractivity contribution in [3.8, 4) is 5.75 Å². The van der Waals surface area contributed by atoms with E-state index in [1.165, 1.54) is 5.56 Å². The van der Waals surface area contributed by atoms with Gasteiger partial charge in [-0.3, -0.25) is 0 Å². The van der Waals surface area contributed by atoms with E-state index in [1.807, 2.05) is 26.1 Å². The molecule has 0 aliphatic heterocycles. The number of hydrogen-bond donors (Lipinski definition) is 1. The molecule has 2 N–H and O–H groups in total. The number of benzene rings is 1. The fourth-order valence-electron chi connectivity index (χ4n) is 2.44. The number of ether oxygens (including phenoxy) is 1. The third-order valence-electron chi connectivity index (χ3n) is 3.21. The third kappa shape index (κ3) is 1.79. The Hall–Kier alpha value is -1.19. The minimum absolute atomic E-state index is 0.00262. The summed E-state index contributed by atoms with van der Waals surface area (Å²) in [4.78, 5) is 0. The number of rotatable bonds is 2. The van der Waals surface area contributed by atoms with Crippen molar-refractivity contribution >= 4 is 22.5 Å². The maximum atomic E-state index is 6.15. The number of nitrogens with zero attached hydrogens (tertiary/aromatic N) is 1. The zero-order valence-corrected chi connectivity index (χ0v) is 11.3. The lowest BCUT2D eigenvalue weighted by Gasteiger charge is -2.09. The highest BCUT2D eigenvalue weighted by molar-refractivity contribution is 6.32. The van der Waals surface area contributed by atoms with Crippen molar-refractivity contribution in [3.05, 3.63) is 28.4 Å². The minimum Gasteiger partial charge on any atom is -0.495 e. The molecule has 0 aliphatic rings. The predicted molar refractivity (Wildman–Crippen MR) is 71.8 cm³/mol. The van der Waals surface area contributed by atoms with Crippen LogP contribution in [0.4, 0.5) is 0 Å². The van der Waals surface area contributed by atoms with E-state index < -0.39 is 0 Å². The van der Waals surface area contributed by atoms with Crippen LogP contribution in [0.1, 0.15) is 24.2 Å². The van der Waals surface area contributed by atoms with Gasteiger partial charge in [0, 0.05) is 24.2 Å². The lowest BCUT2D eigenvalue weighted by molar-refractivity contribution is 0.415. The first kappa shape index (κ1) is 12.3. The molecule has 1 aromatic carbocycles. The second-order valence-electron chi connectivity index (χ2n) is 4.36. The fourth-order valence-corrected chi connectivity index (χ4v) is 2.68. The van der Waals surface area contributed by atoms with Crippen molar-refractivity contribution in [2.24, 2.45) is 12.8 Å². The zero-order valence-electron chi connectivity index (χ0n) is 10.5. The maximum absolute atomic E-state index is 6.15. The van der Waals surface area contributed by atoms with Crippen LogP contribution >= 0.6 is 11.6 Å². The SMILES string of the molecule is COc1cc2c(C)c(C(C)N)n(C)c2cc1Cl. The summed E-state index contributed by atoms with van der Waals surface area (Å²) in [5.74, 6) is 0.698. The van der Waals surface area contributed by atoms with E-state index in [-0.39, 0.29) is 6.04 Å². The van der Waals surface area contributed by atoms with E-state index >= 15 is 0 Å². The fraction of sp³-hybridized carbons (Fsp3) is 0.385. The molecule has 92 valence electrons. The van der Waals surface area contributed by atoms with E-state index in [0.29, 0.717) is 10.8 Å². The summed E-state index contributed by atoms with van der Waals surface area (Å²) in [6.45, 7) is 4.06. The number of methoxy groups -OCH3 is 1. The first-order valence-corrected chi connectivity index (χ1v) is 5.93. The molecular formula is C13H17ClN2O. The quantitative estimate of drug-likeness (QED) is 0.892. The Balaban J connectivity index is 2.83. The number of nitrogens with two attached hydrogens (primary N) is 1. The molecule has 1 unspecified atom stereocenters. The van der Waals surface area contributed by atoms with Gasteiger partial charge in [-0.15, -0.1) is 0 Å². The largest absolute Gasteiger partial charge is 0.495 e. The van der Waals surface area contributed by atoms with E-state index in [2.05, 4.69) is 11.5 Å². The first-order valence-electron chi connectivity index (χ1n) is 5.55. The summed E-state index contributed by atoms with van der Waals surface area (Å²) < 4.78 is 7.34. The van der Waals surface area contributed by atoms with Crippen LogP contribution < -0.4 is 10.5 Å². The Bertz CT molecular complexity index is 573. The number of aromatic nitrogens is 1. The molecule has 0 fully saturated rings. The lowest BCUT2D eigenvalue weighted by atomic mass is 10.1. The smallest absolute Gasteiger partial charge is 0.138 e. The van der Waals surface area contributed by atoms with Crippen molar-refractivity contribution in [3.63, 3.8) is 0 Å². The van der Waals surface area contributed by atoms with Gasteiger partial charge in [0.1, 0.15) is 5.75 Å². The third-order valence-corrected chi connectivity index (χ3v) is 3.51. The molecule has 2 aromatic rings. The van der Waals surface area contributed by atoms with E-state index in [9.17, 15) is 0 Å². The summed E-state index contributed by atoms with van der Waals surface area (Å²) in [6, 6.07) is 3.89. The Labute approximate surface area is 106 Å². The molecule has 0 radical (unpaired) electrons. The topological polar surface area (TPSA) is 40.2 Å². The molecule has 0 bridgehead atoms. The first-order chi connectivity index (χ1) is 7.97. The molecule has 2 rings (SSSR count). The van der Waals surface area contributed by atoms with Gasteiger partial charge in [0.25, 0.3) is 0 Å². The van der Waals surface area contributed by atoms with Crippen LogP contribution in [0, 0.1) is 6.92 Å². The molecular weight excluding hydrogens is 236 g/mol. The van der Waals surface area contributed by atoms with Crippen molar-refractivity contribution < 1.29 is 4.74 Å². The van der Waals surface area contributed by atoms with Crippen LogP contribution in [0.3, 0.4) is 0 Å². The zero-order chi connectivity index (χ0) is 12.7. The van der Waals surface area contributed by atoms with E-state index in [1.54, 1.807) is 7.11 Å². The van der Waals surface area contributed by atoms with E-state index in [4.69, 9.17) is 22.1 Å². The highest BCUT2D eigenvalue weighted by Gasteiger charge is 2.16. The average Bonchev–Trinajstić information content (AvgIpc) is 2.50. The predicted octanol–water partition coefficient (Wildman–Crippen LogP) is 3.17. The second kappa shape index (κ2) is 4.24. The molecule has 1 heterocycles. The van der Waals surface area contributed by atoms with Crippen LogP contribution in [0.5, 0.6) is 5.75 Å². The second-order valence-corrected chi connectivity index (χ2v) is 4.77. The molecule has 0 amide bonds. The molecule has 4 heteroatoms. The summed E-state index contributed by atoms with van der Waals surface area (Å²) >= 11 is 6.15. The highest BCUT2D eigenvalue weighted by Crippen LogP contribution is 2.35. The van der Waals surface area contributed by atoms with Gasteiger partial charge in [0.05, 0.1) is 17.6 Å². The maximum Gasteiger partial charge on any atom is 0.138 e. The van der Waals surface area contributed by atoms with Crippen molar-refractivity contribution in [1.29, 1.82) is 0 Å². The van der Waals surface area contributed by atoms with Gasteiger partial charge < -0.3 is 15.0 Å². The Morgan fingerprint density at radius 3 is 2.59 bits per heavy atom. The van der Waals surface area contributed by atoms with Crippen LogP contribution in [-0.2, 0) is 7.05 Å². The van der Waals surface area contributed by atoms with Gasteiger partial charge in [0.15, 0.2) is 0 Å². The van der Waals surface area contributed by atoms with Gasteiger partial charge in [-0.2, -0.15) is 0 Å². The summed E-state index contributed by atoms with van der Waals surface area (Å²) in [5, 5.41) is 1.76. The Morgan fingerprint density at radius 2 is 2.06 bits per heavy atom. The van der Waals surface area contributed by atoms with Gasteiger partial charge in [-0.05, 0) is 31.5 Å². The standard InChI is InChI=1S/C13H17ClN2O/c1-7-9-5-12(17-4)10(14)6-11(9)16(3)13(7)8(2)15/h5-6,8H,15H2,1-4H3. The van der Waals surface area contributed by atoms with E-state index in [0.717, 1.165) is 16.6 Å². The summed E-state index contributed by atoms with van der Waals surface area (Å²) in [6.07, 6.45) is 0. The monoisotopic (exact) mass is 252 g/mol. The van der Waals surface area contributed by atoms with Gasteiger partial charge in [0.2, 0.25) is 0 Å². The van der Waals surface area contributed by atoms with Gasteiger partial charge >= 0.3 is 0 Å². The molecule has 0 spiro atoms. The van der Waals surface area contributed by atoms with Gasteiger partial charge in [-0.1, -0.05) is 11.6 Å². The number of halogens is 1. The molecule has 0 saturated carbocycles. The molecule has 0 saturated heterocycles. The van der Waals surface area contributed by atoms with Gasteiger partial charge in [-0.25, -0.2) is 0 Å². The minimum atomic E-state index is -0.00262. The molecule has 1 aromatic heterocycles. The molecule has 1 atom stereocenters. The van der Waals surface area contributed by atoms with Crippen molar-refractivity contribution in [2.75, 3.05) is 7.11 Å². The summed E-state index contributed by atoms with van der Waals surface area (Å²) in [5.41, 5.74) is 9.40. The van der Waals surface area contributed by atoms with Crippen LogP contribution in [0.15, 0.2) is 12.1 Å². The van der Waals surface area contributed by atoms with Crippen LogP contribution in [0.2, 0.25) is 5.02 Å². The molecule has 3 nitrogen and oxygen atoms in total. The number of hydrogen-bond acceptors (Lipinski definition) is 2. The summed E-state index contributed by atoms with van der Waals surface area (Å²) in [7, 11) is 3.63.